The molecule has 8 aromatic carbocycles. The number of hydrogen-bond donors (Lipinski definition) is 0. The Kier molecular flexibility index (Phi) is 7.82. The van der Waals surface area contributed by atoms with E-state index < -0.39 is 0 Å². The maximum absolute atomic E-state index is 2.31. The first-order valence-corrected chi connectivity index (χ1v) is 19.5. The maximum atomic E-state index is 2.31. The van der Waals surface area contributed by atoms with Gasteiger partial charge in [-0.1, -0.05) is 133 Å². The van der Waals surface area contributed by atoms with Crippen molar-refractivity contribution >= 4 is 102 Å². The quantitative estimate of drug-likeness (QED) is 0.155. The highest BCUT2D eigenvalue weighted by Gasteiger charge is 2.11. The molecule has 57 heavy (non-hydrogen) atoms. The summed E-state index contributed by atoms with van der Waals surface area (Å²) in [6, 6.07) is 67.6. The van der Waals surface area contributed by atoms with E-state index in [2.05, 4.69) is 239 Å². The van der Waals surface area contributed by atoms with E-state index in [1.54, 1.807) is 0 Å². The summed E-state index contributed by atoms with van der Waals surface area (Å²) in [6.07, 6.45) is 13.3. The van der Waals surface area contributed by atoms with E-state index in [0.29, 0.717) is 0 Å². The van der Waals surface area contributed by atoms with Crippen molar-refractivity contribution in [2.75, 3.05) is 0 Å². The van der Waals surface area contributed by atoms with Crippen molar-refractivity contribution in [3.05, 3.63) is 205 Å². The molecule has 0 amide bonds. The van der Waals surface area contributed by atoms with Crippen LogP contribution in [0.25, 0.3) is 113 Å². The summed E-state index contributed by atoms with van der Waals surface area (Å²) < 4.78 is 6.91. The Morgan fingerprint density at radius 3 is 0.842 bits per heavy atom. The number of fused-ring (bicyclic) bond motifs is 9. The molecule has 0 aliphatic carbocycles. The van der Waals surface area contributed by atoms with E-state index in [1.165, 1.54) is 76.5 Å². The highest BCUT2D eigenvalue weighted by atomic mass is 15.0. The van der Waals surface area contributed by atoms with Gasteiger partial charge in [0.2, 0.25) is 0 Å². The van der Waals surface area contributed by atoms with Gasteiger partial charge in [0.1, 0.15) is 0 Å². The average molecular weight is 728 g/mol. The predicted octanol–water partition coefficient (Wildman–Crippen LogP) is 14.6. The number of para-hydroxylation sites is 6. The summed E-state index contributed by atoms with van der Waals surface area (Å²) in [5.74, 6) is 0. The molecule has 3 nitrogen and oxygen atoms in total. The highest BCUT2D eigenvalue weighted by molar-refractivity contribution is 6.11. The van der Waals surface area contributed by atoms with Gasteiger partial charge in [-0.2, -0.15) is 0 Å². The Morgan fingerprint density at radius 1 is 0.246 bits per heavy atom. The van der Waals surface area contributed by atoms with Crippen LogP contribution in [0.2, 0.25) is 0 Å². The van der Waals surface area contributed by atoms with Gasteiger partial charge in [0.15, 0.2) is 0 Å². The standard InChI is InChI=1S/C54H37N3/c1-7-19-49-43(13-1)44-14-2-8-20-50(44)55(49)32-29-38-25-27-41(28-26-38)42-36-39(30-33-56-51-21-9-3-15-45(51)46-16-4-10-22-52(46)56)35-40(37-42)31-34-57-53-23-11-5-17-47(53)48-18-6-12-24-54(48)57/h1-37H/b32-29+,33-30+,34-31+. The molecule has 3 heteroatoms. The van der Waals surface area contributed by atoms with E-state index in [4.69, 9.17) is 0 Å². The van der Waals surface area contributed by atoms with Crippen LogP contribution in [-0.2, 0) is 0 Å². The first-order valence-electron chi connectivity index (χ1n) is 19.5. The second kappa shape index (κ2) is 13.6. The van der Waals surface area contributed by atoms with E-state index in [1.807, 2.05) is 0 Å². The molecule has 3 aromatic heterocycles. The lowest BCUT2D eigenvalue weighted by Gasteiger charge is -2.08. The summed E-state index contributed by atoms with van der Waals surface area (Å²) in [5, 5.41) is 7.57. The number of aromatic nitrogens is 3. The molecule has 0 bridgehead atoms. The van der Waals surface area contributed by atoms with Gasteiger partial charge in [-0.05, 0) is 101 Å². The molecule has 0 radical (unpaired) electrons. The third-order valence-electron chi connectivity index (χ3n) is 11.3. The van der Waals surface area contributed by atoms with Crippen LogP contribution in [-0.4, -0.2) is 13.7 Å². The van der Waals surface area contributed by atoms with Crippen LogP contribution in [0.3, 0.4) is 0 Å². The van der Waals surface area contributed by atoms with Crippen molar-refractivity contribution in [3.8, 4) is 11.1 Å². The van der Waals surface area contributed by atoms with E-state index in [-0.39, 0.29) is 0 Å². The van der Waals surface area contributed by atoms with Gasteiger partial charge >= 0.3 is 0 Å². The lowest BCUT2D eigenvalue weighted by atomic mass is 9.98. The Labute approximate surface area is 330 Å². The van der Waals surface area contributed by atoms with Crippen LogP contribution >= 0.6 is 0 Å². The van der Waals surface area contributed by atoms with Gasteiger partial charge in [-0.25, -0.2) is 0 Å². The Hall–Kier alpha value is -7.62. The fraction of sp³-hybridized carbons (Fsp3) is 0. The lowest BCUT2D eigenvalue weighted by Crippen LogP contribution is -1.88. The van der Waals surface area contributed by atoms with Gasteiger partial charge in [-0.3, -0.25) is 0 Å². The lowest BCUT2D eigenvalue weighted by molar-refractivity contribution is 1.30. The van der Waals surface area contributed by atoms with Crippen molar-refractivity contribution in [3.63, 3.8) is 0 Å². The van der Waals surface area contributed by atoms with Gasteiger partial charge in [0, 0.05) is 50.9 Å². The summed E-state index contributed by atoms with van der Waals surface area (Å²) in [5.41, 5.74) is 12.9. The van der Waals surface area contributed by atoms with Crippen molar-refractivity contribution < 1.29 is 0 Å². The molecule has 3 heterocycles. The summed E-state index contributed by atoms with van der Waals surface area (Å²) in [6.45, 7) is 0. The van der Waals surface area contributed by atoms with Gasteiger partial charge in [0.25, 0.3) is 0 Å². The van der Waals surface area contributed by atoms with E-state index in [0.717, 1.165) is 16.7 Å². The number of hydrogen-bond acceptors (Lipinski definition) is 0. The summed E-state index contributed by atoms with van der Waals surface area (Å²) in [4.78, 5) is 0. The average Bonchev–Trinajstić information content (AvgIpc) is 3.90. The Balaban J connectivity index is 0.994. The second-order valence-electron chi connectivity index (χ2n) is 14.7. The van der Waals surface area contributed by atoms with Crippen molar-refractivity contribution in [1.29, 1.82) is 0 Å². The van der Waals surface area contributed by atoms with Crippen LogP contribution in [0, 0.1) is 0 Å². The molecule has 0 aliphatic heterocycles. The van der Waals surface area contributed by atoms with Crippen molar-refractivity contribution in [2.45, 2.75) is 0 Å². The minimum Gasteiger partial charge on any atom is -0.316 e. The zero-order valence-electron chi connectivity index (χ0n) is 31.2. The Morgan fingerprint density at radius 2 is 0.526 bits per heavy atom. The normalized spacial score (nSPS) is 12.4. The first kappa shape index (κ1) is 32.8. The molecule has 0 saturated carbocycles. The molecule has 0 fully saturated rings. The van der Waals surface area contributed by atoms with Crippen LogP contribution in [0.4, 0.5) is 0 Å². The van der Waals surface area contributed by atoms with Crippen LogP contribution < -0.4 is 0 Å². The smallest absolute Gasteiger partial charge is 0.0534 e. The molecule has 11 aromatic rings. The van der Waals surface area contributed by atoms with Crippen LogP contribution in [0.15, 0.2) is 188 Å². The SMILES string of the molecule is C(=C\n1c2ccccc2c2ccccc21)/c1ccc(-c2cc(/C=C/n3c4ccccc4c4ccccc43)cc(/C=C/n3c4ccccc4c4ccccc43)c2)cc1. The number of rotatable bonds is 7. The minimum atomic E-state index is 1.13. The summed E-state index contributed by atoms with van der Waals surface area (Å²) >= 11 is 0. The molecular weight excluding hydrogens is 691 g/mol. The monoisotopic (exact) mass is 727 g/mol. The topological polar surface area (TPSA) is 14.8 Å². The summed E-state index contributed by atoms with van der Waals surface area (Å²) in [7, 11) is 0. The van der Waals surface area contributed by atoms with Crippen molar-refractivity contribution in [1.82, 2.24) is 13.7 Å². The highest BCUT2D eigenvalue weighted by Crippen LogP contribution is 2.33. The zero-order chi connectivity index (χ0) is 37.7. The molecule has 0 atom stereocenters. The molecule has 0 unspecified atom stereocenters. The van der Waals surface area contributed by atoms with Crippen LogP contribution in [0.1, 0.15) is 16.7 Å². The maximum Gasteiger partial charge on any atom is 0.0534 e. The molecule has 268 valence electrons. The molecular formula is C54H37N3. The minimum absolute atomic E-state index is 1.13. The molecule has 0 N–H and O–H groups in total. The molecule has 0 aliphatic rings. The first-order chi connectivity index (χ1) is 28.3. The zero-order valence-corrected chi connectivity index (χ0v) is 31.2. The fourth-order valence-electron chi connectivity index (χ4n) is 8.64. The largest absolute Gasteiger partial charge is 0.316 e. The van der Waals surface area contributed by atoms with Gasteiger partial charge < -0.3 is 13.7 Å². The van der Waals surface area contributed by atoms with Gasteiger partial charge in [-0.15, -0.1) is 0 Å². The second-order valence-corrected chi connectivity index (χ2v) is 14.7. The van der Waals surface area contributed by atoms with Crippen LogP contribution in [0.5, 0.6) is 0 Å². The number of nitrogens with zero attached hydrogens (tertiary/aromatic N) is 3. The fourth-order valence-corrected chi connectivity index (χ4v) is 8.64. The van der Waals surface area contributed by atoms with E-state index in [9.17, 15) is 0 Å². The van der Waals surface area contributed by atoms with Gasteiger partial charge in [0.05, 0.1) is 33.1 Å². The molecule has 0 spiro atoms. The molecule has 0 saturated heterocycles. The van der Waals surface area contributed by atoms with Crippen molar-refractivity contribution in [2.24, 2.45) is 0 Å². The Bertz CT molecular complexity index is 3100. The molecule has 11 rings (SSSR count). The number of benzene rings is 8. The predicted molar refractivity (Wildman–Crippen MR) is 246 cm³/mol. The van der Waals surface area contributed by atoms with E-state index >= 15 is 0 Å². The third-order valence-corrected chi connectivity index (χ3v) is 11.3. The third kappa shape index (κ3) is 5.68.